The molecule has 0 heterocycles. The summed E-state index contributed by atoms with van der Waals surface area (Å²) < 4.78 is 0. The summed E-state index contributed by atoms with van der Waals surface area (Å²) in [7, 11) is -1.39. The first kappa shape index (κ1) is 44.6. The van der Waals surface area contributed by atoms with Crippen molar-refractivity contribution in [2.45, 2.75) is 0 Å². The molecule has 0 bridgehead atoms. The lowest BCUT2D eigenvalue weighted by molar-refractivity contribution is 1.51. The van der Waals surface area contributed by atoms with Crippen LogP contribution in [0.3, 0.4) is 0 Å². The molecule has 296 valence electrons. The highest BCUT2D eigenvalue weighted by Gasteiger charge is 2.20. The molecule has 0 aliphatic carbocycles. The molecule has 59 heavy (non-hydrogen) atoms. The summed E-state index contributed by atoms with van der Waals surface area (Å²) in [5.74, 6) is 0. The molecule has 0 fully saturated rings. The second kappa shape index (κ2) is 25.6. The zero-order valence-corrected chi connectivity index (χ0v) is 38.3. The molecule has 0 atom stereocenters. The number of alkyl halides is 2. The zero-order valence-electron chi connectivity index (χ0n) is 33.2. The molecule has 0 saturated heterocycles. The summed E-state index contributed by atoms with van der Waals surface area (Å²) in [6.45, 7) is 0. The van der Waals surface area contributed by atoms with Crippen LogP contribution in [0.15, 0.2) is 243 Å². The van der Waals surface area contributed by atoms with E-state index in [1.54, 1.807) is 0 Å². The Hall–Kier alpha value is -3.94. The molecule has 0 radical (unpaired) electrons. The summed E-state index contributed by atoms with van der Waals surface area (Å²) in [5, 5.41) is 12.0. The van der Waals surface area contributed by atoms with Crippen molar-refractivity contribution < 1.29 is 0 Å². The van der Waals surface area contributed by atoms with Crippen molar-refractivity contribution in [2.24, 2.45) is 0 Å². The maximum atomic E-state index is 4.76. The molecule has 0 aliphatic heterocycles. The first-order valence-electron chi connectivity index (χ1n) is 19.9. The normalized spacial score (nSPS) is 10.8. The van der Waals surface area contributed by atoms with Gasteiger partial charge in [0.15, 0.2) is 0 Å². The molecule has 8 aromatic rings. The fraction of sp³-hybridized carbons (Fsp3) is 0.0943. The topological polar surface area (TPSA) is 0 Å². The van der Waals surface area contributed by atoms with Gasteiger partial charge < -0.3 is 0 Å². The van der Waals surface area contributed by atoms with Gasteiger partial charge in [-0.05, 0) is 98.8 Å². The summed E-state index contributed by atoms with van der Waals surface area (Å²) in [5.41, 5.74) is 0. The Morgan fingerprint density at radius 1 is 0.203 bits per heavy atom. The molecule has 0 aromatic heterocycles. The van der Waals surface area contributed by atoms with Crippen LogP contribution in [0, 0.1) is 0 Å². The van der Waals surface area contributed by atoms with Gasteiger partial charge >= 0.3 is 0 Å². The van der Waals surface area contributed by atoms with E-state index in [1.165, 1.54) is 67.1 Å². The van der Waals surface area contributed by atoms with Gasteiger partial charge in [-0.2, -0.15) is 0 Å². The van der Waals surface area contributed by atoms with Crippen LogP contribution in [0.4, 0.5) is 0 Å². The van der Waals surface area contributed by atoms with Crippen molar-refractivity contribution in [1.29, 1.82) is 0 Å². The van der Waals surface area contributed by atoms with Gasteiger partial charge in [-0.15, -0.1) is 23.2 Å². The maximum Gasteiger partial charge on any atom is 0.0967 e. The van der Waals surface area contributed by atoms with Gasteiger partial charge in [0.1, 0.15) is 0 Å². The zero-order chi connectivity index (χ0) is 40.7. The van der Waals surface area contributed by atoms with Crippen LogP contribution in [0.1, 0.15) is 0 Å². The largest absolute Gasteiger partial charge is 0.109 e. The summed E-state index contributed by atoms with van der Waals surface area (Å²) in [6, 6.07) is 88.4. The van der Waals surface area contributed by atoms with Gasteiger partial charge in [-0.1, -0.05) is 243 Å². The van der Waals surface area contributed by atoms with E-state index in [0.29, 0.717) is 0 Å². The molecule has 0 spiro atoms. The average molecular weight is 882 g/mol. The predicted octanol–water partition coefficient (Wildman–Crippen LogP) is 11.9. The van der Waals surface area contributed by atoms with Gasteiger partial charge in [-0.3, -0.25) is 0 Å². The van der Waals surface area contributed by atoms with E-state index in [4.69, 9.17) is 23.2 Å². The third-order valence-corrected chi connectivity index (χ3v) is 20.4. The van der Waals surface area contributed by atoms with E-state index >= 15 is 0 Å². The molecule has 8 rings (SSSR count). The highest BCUT2D eigenvalue weighted by molar-refractivity contribution is 7.77. The van der Waals surface area contributed by atoms with Gasteiger partial charge in [0.2, 0.25) is 0 Å². The van der Waals surface area contributed by atoms with E-state index in [2.05, 4.69) is 243 Å². The Bertz CT molecular complexity index is 1780. The summed E-state index contributed by atoms with van der Waals surface area (Å²) in [4.78, 5) is 0. The van der Waals surface area contributed by atoms with E-state index in [0.717, 1.165) is 0 Å². The maximum absolute atomic E-state index is 4.76. The Morgan fingerprint density at radius 2 is 0.305 bits per heavy atom. The minimum Gasteiger partial charge on any atom is -0.109 e. The molecular formula is C53H50Cl2P4. The third-order valence-electron chi connectivity index (χ3n) is 9.64. The number of hydrogen-bond donors (Lipinski definition) is 0. The molecule has 0 N–H and O–H groups in total. The Morgan fingerprint density at radius 3 is 0.407 bits per heavy atom. The Kier molecular flexibility index (Phi) is 19.4. The second-order valence-electron chi connectivity index (χ2n) is 13.4. The predicted molar refractivity (Wildman–Crippen MR) is 272 cm³/mol. The van der Waals surface area contributed by atoms with Crippen LogP contribution in [-0.2, 0) is 0 Å². The van der Waals surface area contributed by atoms with Crippen LogP contribution in [0.2, 0.25) is 0 Å². The lowest BCUT2D eigenvalue weighted by atomic mass is 10.4. The van der Waals surface area contributed by atoms with Crippen molar-refractivity contribution in [3.8, 4) is 0 Å². The molecule has 0 nitrogen and oxygen atoms in total. The summed E-state index contributed by atoms with van der Waals surface area (Å²) in [6.07, 6.45) is 4.83. The molecule has 0 unspecified atom stereocenters. The molecule has 8 aromatic carbocycles. The monoisotopic (exact) mass is 880 g/mol. The highest BCUT2D eigenvalue weighted by Crippen LogP contribution is 2.42. The van der Waals surface area contributed by atoms with Gasteiger partial charge in [0.25, 0.3) is 0 Å². The van der Waals surface area contributed by atoms with E-state index in [1.807, 2.05) is 0 Å². The molecule has 0 amide bonds. The number of halogens is 2. The van der Waals surface area contributed by atoms with Crippen molar-refractivity contribution in [1.82, 2.24) is 0 Å². The van der Waals surface area contributed by atoms with Crippen molar-refractivity contribution in [3.63, 3.8) is 0 Å². The minimum atomic E-state index is -0.348. The average Bonchev–Trinajstić information content (AvgIpc) is 3.32. The first-order valence-corrected chi connectivity index (χ1v) is 27.1. The van der Waals surface area contributed by atoms with Gasteiger partial charge in [0, 0.05) is 0 Å². The molecular weight excluding hydrogens is 831 g/mol. The van der Waals surface area contributed by atoms with Crippen molar-refractivity contribution in [3.05, 3.63) is 243 Å². The quantitative estimate of drug-likeness (QED) is 0.0754. The fourth-order valence-electron chi connectivity index (χ4n) is 6.89. The molecule has 0 aliphatic rings. The second-order valence-corrected chi connectivity index (χ2v) is 23.5. The Labute approximate surface area is 367 Å². The van der Waals surface area contributed by atoms with Crippen LogP contribution < -0.4 is 42.4 Å². The van der Waals surface area contributed by atoms with Crippen LogP contribution in [0.25, 0.3) is 0 Å². The third kappa shape index (κ3) is 14.1. The highest BCUT2D eigenvalue weighted by atomic mass is 35.5. The fourth-order valence-corrected chi connectivity index (χ4v) is 17.6. The number of rotatable bonds is 14. The number of hydrogen-bond acceptors (Lipinski definition) is 0. The van der Waals surface area contributed by atoms with Crippen LogP contribution in [-0.4, -0.2) is 30.0 Å². The van der Waals surface area contributed by atoms with E-state index < -0.39 is 0 Å². The molecule has 6 heteroatoms. The number of benzene rings is 8. The van der Waals surface area contributed by atoms with Gasteiger partial charge in [0.05, 0.1) is 5.34 Å². The smallest absolute Gasteiger partial charge is 0.0967 e. The summed E-state index contributed by atoms with van der Waals surface area (Å²) >= 11 is 9.53. The Balaban J connectivity index is 0.000000186. The SMILES string of the molecule is ClCCl.c1ccc(P(CCP(c2ccccc2)c2ccccc2)c2ccccc2)cc1.c1ccc(P(CCP(c2ccccc2)c2ccccc2)c2ccccc2)cc1. The first-order chi connectivity index (χ1) is 29.2. The lowest BCUT2D eigenvalue weighted by Gasteiger charge is -2.24. The van der Waals surface area contributed by atoms with Crippen molar-refractivity contribution in [2.75, 3.05) is 30.0 Å². The van der Waals surface area contributed by atoms with E-state index in [9.17, 15) is 0 Å². The van der Waals surface area contributed by atoms with Crippen LogP contribution >= 0.6 is 54.9 Å². The van der Waals surface area contributed by atoms with Crippen molar-refractivity contribution >= 4 is 97.3 Å². The van der Waals surface area contributed by atoms with Crippen LogP contribution in [0.5, 0.6) is 0 Å². The minimum absolute atomic E-state index is 0.194. The lowest BCUT2D eigenvalue weighted by Crippen LogP contribution is -2.19. The van der Waals surface area contributed by atoms with E-state index in [-0.39, 0.29) is 37.0 Å². The van der Waals surface area contributed by atoms with Gasteiger partial charge in [-0.25, -0.2) is 0 Å². The molecule has 0 saturated carbocycles. The standard InChI is InChI=1S/2C26H24P2.CH2Cl2/c2*1-5-13-23(14-6-1)27(24-15-7-2-8-16-24)21-22-28(25-17-9-3-10-18-25)26-19-11-4-12-20-26;2-1-3/h2*1-20H,21-22H2;1H2.